The first-order valence-corrected chi connectivity index (χ1v) is 6.14. The Hall–Kier alpha value is -1.34. The number of ether oxygens (including phenoxy) is 1. The minimum Gasteiger partial charge on any atom is -0.389 e. The summed E-state index contributed by atoms with van der Waals surface area (Å²) >= 11 is 4.81. The molecule has 0 amide bonds. The molecule has 1 unspecified atom stereocenters. The standard InChI is InChI=1S/C12H13F3N2OS/c13-12(14,15)7-1-2-10(9(5-7)11(16)19)17-8-3-4-18-6-8/h1-2,5,8,17H,3-4,6H2,(H2,16,19). The average molecular weight is 290 g/mol. The van der Waals surface area contributed by atoms with E-state index in [1.165, 1.54) is 6.07 Å². The topological polar surface area (TPSA) is 47.3 Å². The van der Waals surface area contributed by atoms with Crippen molar-refractivity contribution in [2.75, 3.05) is 18.5 Å². The van der Waals surface area contributed by atoms with E-state index in [4.69, 9.17) is 22.7 Å². The van der Waals surface area contributed by atoms with Crippen LogP contribution in [0, 0.1) is 0 Å². The van der Waals surface area contributed by atoms with Crippen LogP contribution in [0.5, 0.6) is 0 Å². The maximum absolute atomic E-state index is 12.6. The van der Waals surface area contributed by atoms with Crippen LogP contribution in [0.1, 0.15) is 17.5 Å². The van der Waals surface area contributed by atoms with Gasteiger partial charge in [-0.25, -0.2) is 0 Å². The van der Waals surface area contributed by atoms with Crippen molar-refractivity contribution in [2.45, 2.75) is 18.6 Å². The molecule has 0 saturated carbocycles. The van der Waals surface area contributed by atoms with Crippen molar-refractivity contribution in [2.24, 2.45) is 5.73 Å². The van der Waals surface area contributed by atoms with Crippen molar-refractivity contribution in [1.82, 2.24) is 0 Å². The van der Waals surface area contributed by atoms with Gasteiger partial charge >= 0.3 is 6.18 Å². The second-order valence-electron chi connectivity index (χ2n) is 4.33. The number of rotatable bonds is 3. The van der Waals surface area contributed by atoms with Crippen molar-refractivity contribution < 1.29 is 17.9 Å². The van der Waals surface area contributed by atoms with Gasteiger partial charge in [0.2, 0.25) is 0 Å². The lowest BCUT2D eigenvalue weighted by atomic mass is 10.1. The molecule has 0 bridgehead atoms. The molecule has 7 heteroatoms. The predicted octanol–water partition coefficient (Wildman–Crippen LogP) is 2.54. The summed E-state index contributed by atoms with van der Waals surface area (Å²) < 4.78 is 43.1. The quantitative estimate of drug-likeness (QED) is 0.840. The number of hydrogen-bond acceptors (Lipinski definition) is 3. The number of halogens is 3. The maximum atomic E-state index is 12.6. The third kappa shape index (κ3) is 3.36. The minimum atomic E-state index is -4.41. The first-order valence-electron chi connectivity index (χ1n) is 5.73. The van der Waals surface area contributed by atoms with E-state index in [1.54, 1.807) is 0 Å². The molecule has 1 aromatic rings. The van der Waals surface area contributed by atoms with E-state index in [2.05, 4.69) is 5.32 Å². The van der Waals surface area contributed by atoms with E-state index in [9.17, 15) is 13.2 Å². The Balaban J connectivity index is 2.29. The molecule has 1 aromatic carbocycles. The van der Waals surface area contributed by atoms with Crippen LogP contribution in [-0.4, -0.2) is 24.2 Å². The Kier molecular flexibility index (Phi) is 3.96. The summed E-state index contributed by atoms with van der Waals surface area (Å²) in [5, 5.41) is 3.11. The Morgan fingerprint density at radius 3 is 2.68 bits per heavy atom. The molecule has 1 aliphatic rings. The Morgan fingerprint density at radius 2 is 2.16 bits per heavy atom. The Labute approximate surface area is 113 Å². The van der Waals surface area contributed by atoms with Gasteiger partial charge in [-0.05, 0) is 24.6 Å². The zero-order chi connectivity index (χ0) is 14.0. The molecule has 1 saturated heterocycles. The van der Waals surface area contributed by atoms with Gasteiger partial charge in [-0.3, -0.25) is 0 Å². The molecule has 104 valence electrons. The zero-order valence-electron chi connectivity index (χ0n) is 9.96. The smallest absolute Gasteiger partial charge is 0.389 e. The highest BCUT2D eigenvalue weighted by Crippen LogP contribution is 2.32. The second kappa shape index (κ2) is 5.34. The monoisotopic (exact) mass is 290 g/mol. The highest BCUT2D eigenvalue weighted by atomic mass is 32.1. The van der Waals surface area contributed by atoms with Gasteiger partial charge in [0.15, 0.2) is 0 Å². The fourth-order valence-corrected chi connectivity index (χ4v) is 2.09. The summed E-state index contributed by atoms with van der Waals surface area (Å²) in [4.78, 5) is -0.0625. The predicted molar refractivity (Wildman–Crippen MR) is 70.2 cm³/mol. The van der Waals surface area contributed by atoms with Crippen LogP contribution in [0.15, 0.2) is 18.2 Å². The highest BCUT2D eigenvalue weighted by Gasteiger charge is 2.31. The van der Waals surface area contributed by atoms with Crippen molar-refractivity contribution >= 4 is 22.9 Å². The summed E-state index contributed by atoms with van der Waals surface area (Å²) in [5.74, 6) is 0. The number of thiocarbonyl (C=S) groups is 1. The molecule has 0 aliphatic carbocycles. The van der Waals surface area contributed by atoms with Gasteiger partial charge in [0.1, 0.15) is 4.99 Å². The Bertz CT molecular complexity index is 484. The Morgan fingerprint density at radius 1 is 1.42 bits per heavy atom. The average Bonchev–Trinajstić information content (AvgIpc) is 2.80. The molecule has 0 spiro atoms. The molecule has 0 aromatic heterocycles. The van der Waals surface area contributed by atoms with E-state index in [0.29, 0.717) is 18.9 Å². The van der Waals surface area contributed by atoms with Gasteiger partial charge in [-0.15, -0.1) is 0 Å². The van der Waals surface area contributed by atoms with Crippen LogP contribution >= 0.6 is 12.2 Å². The number of anilines is 1. The fraction of sp³-hybridized carbons (Fsp3) is 0.417. The third-order valence-electron chi connectivity index (χ3n) is 2.90. The van der Waals surface area contributed by atoms with E-state index in [-0.39, 0.29) is 16.6 Å². The molecule has 1 atom stereocenters. The van der Waals surface area contributed by atoms with Crippen molar-refractivity contribution in [3.63, 3.8) is 0 Å². The van der Waals surface area contributed by atoms with Crippen LogP contribution in [0.25, 0.3) is 0 Å². The molecule has 0 radical (unpaired) electrons. The zero-order valence-corrected chi connectivity index (χ0v) is 10.8. The largest absolute Gasteiger partial charge is 0.416 e. The summed E-state index contributed by atoms with van der Waals surface area (Å²) in [5.41, 5.74) is 5.45. The fourth-order valence-electron chi connectivity index (χ4n) is 1.92. The van der Waals surface area contributed by atoms with Crippen molar-refractivity contribution in [1.29, 1.82) is 0 Å². The molecule has 1 heterocycles. The molecule has 3 nitrogen and oxygen atoms in total. The van der Waals surface area contributed by atoms with Gasteiger partial charge in [-0.2, -0.15) is 13.2 Å². The maximum Gasteiger partial charge on any atom is 0.416 e. The molecular weight excluding hydrogens is 277 g/mol. The van der Waals surface area contributed by atoms with Gasteiger partial charge < -0.3 is 15.8 Å². The van der Waals surface area contributed by atoms with Gasteiger partial charge in [0.25, 0.3) is 0 Å². The van der Waals surface area contributed by atoms with Crippen LogP contribution < -0.4 is 11.1 Å². The van der Waals surface area contributed by atoms with Gasteiger partial charge in [0.05, 0.1) is 18.2 Å². The van der Waals surface area contributed by atoms with Crippen LogP contribution in [-0.2, 0) is 10.9 Å². The molecule has 1 fully saturated rings. The van der Waals surface area contributed by atoms with Crippen LogP contribution in [0.4, 0.5) is 18.9 Å². The molecular formula is C12H13F3N2OS. The summed E-state index contributed by atoms with van der Waals surface area (Å²) in [6.45, 7) is 1.17. The lowest BCUT2D eigenvalue weighted by Crippen LogP contribution is -2.22. The lowest BCUT2D eigenvalue weighted by Gasteiger charge is -2.17. The minimum absolute atomic E-state index is 0.0625. The highest BCUT2D eigenvalue weighted by molar-refractivity contribution is 7.80. The van der Waals surface area contributed by atoms with E-state index in [1.807, 2.05) is 0 Å². The SMILES string of the molecule is NC(=S)c1cc(C(F)(F)F)ccc1NC1CCOC1. The van der Waals surface area contributed by atoms with Crippen LogP contribution in [0.3, 0.4) is 0 Å². The normalized spacial score (nSPS) is 19.4. The lowest BCUT2D eigenvalue weighted by molar-refractivity contribution is -0.137. The number of hydrogen-bond donors (Lipinski definition) is 2. The molecule has 2 rings (SSSR count). The summed E-state index contributed by atoms with van der Waals surface area (Å²) in [6.07, 6.45) is -3.60. The van der Waals surface area contributed by atoms with Gasteiger partial charge in [-0.1, -0.05) is 12.2 Å². The third-order valence-corrected chi connectivity index (χ3v) is 3.12. The van der Waals surface area contributed by atoms with Crippen LogP contribution in [0.2, 0.25) is 0 Å². The number of nitrogens with one attached hydrogen (secondary N) is 1. The molecule has 1 aliphatic heterocycles. The van der Waals surface area contributed by atoms with Crippen molar-refractivity contribution in [3.05, 3.63) is 29.3 Å². The molecule has 3 N–H and O–H groups in total. The molecule has 19 heavy (non-hydrogen) atoms. The second-order valence-corrected chi connectivity index (χ2v) is 4.77. The number of nitrogens with two attached hydrogens (primary N) is 1. The first kappa shape index (κ1) is 14.1. The van der Waals surface area contributed by atoms with E-state index >= 15 is 0 Å². The summed E-state index contributed by atoms with van der Waals surface area (Å²) in [6, 6.07) is 3.42. The van der Waals surface area contributed by atoms with E-state index in [0.717, 1.165) is 18.6 Å². The number of benzene rings is 1. The summed E-state index contributed by atoms with van der Waals surface area (Å²) in [7, 11) is 0. The number of alkyl halides is 3. The van der Waals surface area contributed by atoms with E-state index < -0.39 is 11.7 Å². The van der Waals surface area contributed by atoms with Gasteiger partial charge in [0, 0.05) is 17.9 Å². The first-order chi connectivity index (χ1) is 8.88. The van der Waals surface area contributed by atoms with Crippen molar-refractivity contribution in [3.8, 4) is 0 Å².